The van der Waals surface area contributed by atoms with Crippen LogP contribution in [0.5, 0.6) is 5.75 Å². The molecule has 0 spiro atoms. The zero-order chi connectivity index (χ0) is 20.3. The number of nitrogens with one attached hydrogen (secondary N) is 1. The molecule has 1 N–H and O–H groups in total. The van der Waals surface area contributed by atoms with E-state index in [9.17, 15) is 18.0 Å². The summed E-state index contributed by atoms with van der Waals surface area (Å²) in [6.07, 6.45) is -4.39. The van der Waals surface area contributed by atoms with Gasteiger partial charge in [-0.3, -0.25) is 4.79 Å². The SMILES string of the molecule is CCOc1ccccc1NC(=O)c1sc(-c2ccc(C(F)(F)F)cc2)nc1C. The van der Waals surface area contributed by atoms with Crippen LogP contribution >= 0.6 is 11.3 Å². The maximum absolute atomic E-state index is 12.7. The minimum absolute atomic E-state index is 0.347. The van der Waals surface area contributed by atoms with Crippen LogP contribution in [0.25, 0.3) is 10.6 Å². The molecule has 0 saturated carbocycles. The molecule has 2 aromatic carbocycles. The van der Waals surface area contributed by atoms with Crippen LogP contribution in [0.2, 0.25) is 0 Å². The zero-order valence-electron chi connectivity index (χ0n) is 15.1. The summed E-state index contributed by atoms with van der Waals surface area (Å²) in [6.45, 7) is 4.00. The van der Waals surface area contributed by atoms with Gasteiger partial charge >= 0.3 is 6.18 Å². The van der Waals surface area contributed by atoms with Crippen molar-refractivity contribution in [3.63, 3.8) is 0 Å². The van der Waals surface area contributed by atoms with Gasteiger partial charge in [-0.15, -0.1) is 11.3 Å². The molecule has 3 aromatic rings. The second kappa shape index (κ2) is 8.02. The fourth-order valence-corrected chi connectivity index (χ4v) is 3.53. The Balaban J connectivity index is 1.83. The Morgan fingerprint density at radius 1 is 1.14 bits per heavy atom. The average Bonchev–Trinajstić information content (AvgIpc) is 3.05. The molecule has 0 saturated heterocycles. The van der Waals surface area contributed by atoms with Gasteiger partial charge in [-0.1, -0.05) is 24.3 Å². The van der Waals surface area contributed by atoms with E-state index in [1.807, 2.05) is 6.92 Å². The molecule has 0 aliphatic rings. The Hall–Kier alpha value is -2.87. The number of para-hydroxylation sites is 2. The quantitative estimate of drug-likeness (QED) is 0.584. The Bertz CT molecular complexity index is 982. The van der Waals surface area contributed by atoms with Crippen molar-refractivity contribution in [3.8, 4) is 16.3 Å². The third-order valence-corrected chi connectivity index (χ3v) is 5.10. The van der Waals surface area contributed by atoms with E-state index in [1.54, 1.807) is 31.2 Å². The van der Waals surface area contributed by atoms with Crippen molar-refractivity contribution in [1.29, 1.82) is 0 Å². The number of amides is 1. The highest BCUT2D eigenvalue weighted by molar-refractivity contribution is 7.17. The van der Waals surface area contributed by atoms with Gasteiger partial charge < -0.3 is 10.1 Å². The number of aromatic nitrogens is 1. The van der Waals surface area contributed by atoms with Crippen LogP contribution in [0.4, 0.5) is 18.9 Å². The highest BCUT2D eigenvalue weighted by atomic mass is 32.1. The number of rotatable bonds is 5. The second-order valence-electron chi connectivity index (χ2n) is 5.89. The number of anilines is 1. The van der Waals surface area contributed by atoms with Crippen LogP contribution < -0.4 is 10.1 Å². The second-order valence-corrected chi connectivity index (χ2v) is 6.89. The highest BCUT2D eigenvalue weighted by Gasteiger charge is 2.30. The van der Waals surface area contributed by atoms with Gasteiger partial charge in [-0.25, -0.2) is 4.98 Å². The molecule has 8 heteroatoms. The van der Waals surface area contributed by atoms with Gasteiger partial charge in [0.05, 0.1) is 23.6 Å². The molecule has 0 aliphatic carbocycles. The summed E-state index contributed by atoms with van der Waals surface area (Å²) < 4.78 is 43.6. The molecule has 0 radical (unpaired) electrons. The van der Waals surface area contributed by atoms with Crippen molar-refractivity contribution in [2.45, 2.75) is 20.0 Å². The molecule has 3 rings (SSSR count). The van der Waals surface area contributed by atoms with E-state index in [4.69, 9.17) is 4.74 Å². The number of aryl methyl sites for hydroxylation is 1. The van der Waals surface area contributed by atoms with E-state index in [0.29, 0.717) is 39.2 Å². The van der Waals surface area contributed by atoms with Crippen molar-refractivity contribution >= 4 is 22.9 Å². The number of halogens is 3. The summed E-state index contributed by atoms with van der Waals surface area (Å²) >= 11 is 1.13. The van der Waals surface area contributed by atoms with Crippen molar-refractivity contribution in [2.75, 3.05) is 11.9 Å². The summed E-state index contributed by atoms with van der Waals surface area (Å²) in [5.74, 6) is 0.212. The normalized spacial score (nSPS) is 11.3. The molecule has 0 unspecified atom stereocenters. The van der Waals surface area contributed by atoms with Crippen molar-refractivity contribution in [3.05, 3.63) is 64.7 Å². The largest absolute Gasteiger partial charge is 0.492 e. The predicted octanol–water partition coefficient (Wildman–Crippen LogP) is 5.79. The van der Waals surface area contributed by atoms with Gasteiger partial charge in [0.25, 0.3) is 5.91 Å². The molecule has 0 bridgehead atoms. The fraction of sp³-hybridized carbons (Fsp3) is 0.200. The Labute approximate surface area is 164 Å². The number of hydrogen-bond acceptors (Lipinski definition) is 4. The summed E-state index contributed by atoms with van der Waals surface area (Å²) in [5.41, 5.74) is 0.842. The number of thiazole rings is 1. The van der Waals surface area contributed by atoms with E-state index in [2.05, 4.69) is 10.3 Å². The smallest absolute Gasteiger partial charge is 0.416 e. The lowest BCUT2D eigenvalue weighted by Crippen LogP contribution is -2.12. The van der Waals surface area contributed by atoms with E-state index >= 15 is 0 Å². The molecular weight excluding hydrogens is 389 g/mol. The number of carbonyl (C=O) groups is 1. The van der Waals surface area contributed by atoms with E-state index in [-0.39, 0.29) is 5.91 Å². The summed E-state index contributed by atoms with van der Waals surface area (Å²) in [4.78, 5) is 17.4. The topological polar surface area (TPSA) is 51.2 Å². The molecule has 4 nitrogen and oxygen atoms in total. The van der Waals surface area contributed by atoms with Crippen LogP contribution in [0, 0.1) is 6.92 Å². The standard InChI is InChI=1S/C20H17F3N2O2S/c1-3-27-16-7-5-4-6-15(16)25-18(26)17-12(2)24-19(28-17)13-8-10-14(11-9-13)20(21,22)23/h4-11H,3H2,1-2H3,(H,25,26). The Morgan fingerprint density at radius 2 is 1.82 bits per heavy atom. The molecule has 0 aliphatic heterocycles. The van der Waals surface area contributed by atoms with Crippen molar-refractivity contribution in [2.24, 2.45) is 0 Å². The van der Waals surface area contributed by atoms with Gasteiger partial charge in [0.1, 0.15) is 15.6 Å². The Kier molecular flexibility index (Phi) is 5.69. The number of hydrogen-bond donors (Lipinski definition) is 1. The van der Waals surface area contributed by atoms with E-state index < -0.39 is 11.7 Å². The number of ether oxygens (including phenoxy) is 1. The molecule has 1 aromatic heterocycles. The predicted molar refractivity (Wildman–Crippen MR) is 103 cm³/mol. The summed E-state index contributed by atoms with van der Waals surface area (Å²) in [5, 5.41) is 3.28. The highest BCUT2D eigenvalue weighted by Crippen LogP contribution is 2.33. The maximum atomic E-state index is 12.7. The summed E-state index contributed by atoms with van der Waals surface area (Å²) in [7, 11) is 0. The van der Waals surface area contributed by atoms with Gasteiger partial charge in [-0.2, -0.15) is 13.2 Å². The van der Waals surface area contributed by atoms with E-state index in [1.165, 1.54) is 12.1 Å². The molecule has 0 atom stereocenters. The number of nitrogens with zero attached hydrogens (tertiary/aromatic N) is 1. The lowest BCUT2D eigenvalue weighted by Gasteiger charge is -2.10. The monoisotopic (exact) mass is 406 g/mol. The molecule has 28 heavy (non-hydrogen) atoms. The summed E-state index contributed by atoms with van der Waals surface area (Å²) in [6, 6.07) is 11.8. The van der Waals surface area contributed by atoms with Crippen LogP contribution in [-0.2, 0) is 6.18 Å². The lowest BCUT2D eigenvalue weighted by atomic mass is 10.1. The van der Waals surface area contributed by atoms with Crippen LogP contribution in [-0.4, -0.2) is 17.5 Å². The van der Waals surface area contributed by atoms with Crippen LogP contribution in [0.3, 0.4) is 0 Å². The van der Waals surface area contributed by atoms with Gasteiger partial charge in [0.2, 0.25) is 0 Å². The number of carbonyl (C=O) groups excluding carboxylic acids is 1. The van der Waals surface area contributed by atoms with E-state index in [0.717, 1.165) is 23.5 Å². The third-order valence-electron chi connectivity index (χ3n) is 3.90. The first-order valence-corrected chi connectivity index (χ1v) is 9.29. The zero-order valence-corrected chi connectivity index (χ0v) is 15.9. The third kappa shape index (κ3) is 4.33. The van der Waals surface area contributed by atoms with Crippen LogP contribution in [0.15, 0.2) is 48.5 Å². The number of alkyl halides is 3. The first-order valence-electron chi connectivity index (χ1n) is 8.48. The van der Waals surface area contributed by atoms with Crippen molar-refractivity contribution in [1.82, 2.24) is 4.98 Å². The van der Waals surface area contributed by atoms with Gasteiger partial charge in [0, 0.05) is 5.56 Å². The minimum Gasteiger partial charge on any atom is -0.492 e. The lowest BCUT2D eigenvalue weighted by molar-refractivity contribution is -0.137. The Morgan fingerprint density at radius 3 is 2.46 bits per heavy atom. The first kappa shape index (κ1) is 19.9. The van der Waals surface area contributed by atoms with Crippen molar-refractivity contribution < 1.29 is 22.7 Å². The van der Waals surface area contributed by atoms with Gasteiger partial charge in [-0.05, 0) is 38.1 Å². The first-order chi connectivity index (χ1) is 13.3. The maximum Gasteiger partial charge on any atom is 0.416 e. The fourth-order valence-electron chi connectivity index (χ4n) is 2.56. The molecule has 0 fully saturated rings. The number of benzene rings is 2. The van der Waals surface area contributed by atoms with Gasteiger partial charge in [0.15, 0.2) is 0 Å². The molecular formula is C20H17F3N2O2S. The molecule has 146 valence electrons. The molecule has 1 heterocycles. The van der Waals surface area contributed by atoms with Crippen LogP contribution in [0.1, 0.15) is 27.9 Å². The average molecular weight is 406 g/mol. The minimum atomic E-state index is -4.39. The molecule has 1 amide bonds.